The Labute approximate surface area is 196 Å². The van der Waals surface area contributed by atoms with Gasteiger partial charge in [0.1, 0.15) is 11.3 Å². The highest BCUT2D eigenvalue weighted by molar-refractivity contribution is 7.99. The molecule has 2 aromatic carbocycles. The van der Waals surface area contributed by atoms with E-state index in [4.69, 9.17) is 16.0 Å². The SMILES string of the molecule is Cc1ccc2nc(Sc3ccc(/C=C4\C(=O)NC(=O)N(c5ccc(Cl)cc5)C4=O)o3)[nH]c2c1. The van der Waals surface area contributed by atoms with Crippen LogP contribution in [0.15, 0.2) is 74.8 Å². The number of nitrogens with one attached hydrogen (secondary N) is 2. The number of carbonyl (C=O) groups excluding carboxylic acids is 3. The highest BCUT2D eigenvalue weighted by atomic mass is 35.5. The van der Waals surface area contributed by atoms with Crippen LogP contribution in [0.2, 0.25) is 5.02 Å². The number of fused-ring (bicyclic) bond motifs is 1. The maximum atomic E-state index is 12.9. The zero-order valence-corrected chi connectivity index (χ0v) is 18.7. The number of barbiturate groups is 1. The number of benzene rings is 2. The number of hydrogen-bond donors (Lipinski definition) is 2. The Morgan fingerprint density at radius 3 is 2.64 bits per heavy atom. The number of rotatable bonds is 4. The van der Waals surface area contributed by atoms with Gasteiger partial charge in [-0.3, -0.25) is 14.9 Å². The van der Waals surface area contributed by atoms with Gasteiger partial charge in [0.05, 0.1) is 16.7 Å². The number of furan rings is 1. The normalized spacial score (nSPS) is 15.5. The second-order valence-corrected chi connectivity index (χ2v) is 8.69. The molecule has 2 aromatic heterocycles. The molecule has 2 N–H and O–H groups in total. The number of amides is 4. The molecule has 1 saturated heterocycles. The number of anilines is 1. The standard InChI is InChI=1S/C23H15ClN4O4S/c1-12-2-8-17-18(10-12)26-22(25-17)33-19-9-7-15(32-19)11-16-20(29)27-23(31)28(21(16)30)14-5-3-13(24)4-6-14/h2-11H,1H3,(H,25,26)(H,27,29,31)/b16-11+. The molecule has 0 radical (unpaired) electrons. The minimum Gasteiger partial charge on any atom is -0.450 e. The van der Waals surface area contributed by atoms with Crippen LogP contribution in [-0.4, -0.2) is 27.8 Å². The molecule has 1 aliphatic heterocycles. The summed E-state index contributed by atoms with van der Waals surface area (Å²) in [5.74, 6) is -1.27. The van der Waals surface area contributed by atoms with Crippen LogP contribution in [0, 0.1) is 6.92 Å². The molecule has 0 saturated carbocycles. The number of nitrogens with zero attached hydrogens (tertiary/aromatic N) is 2. The topological polar surface area (TPSA) is 108 Å². The summed E-state index contributed by atoms with van der Waals surface area (Å²) in [6, 6.07) is 14.6. The van der Waals surface area contributed by atoms with Crippen LogP contribution in [0.25, 0.3) is 17.1 Å². The molecule has 0 spiro atoms. The first-order valence-electron chi connectivity index (χ1n) is 9.78. The molecule has 1 fully saturated rings. The van der Waals surface area contributed by atoms with Crippen molar-refractivity contribution in [2.45, 2.75) is 17.2 Å². The fourth-order valence-electron chi connectivity index (χ4n) is 3.33. The average molecular weight is 479 g/mol. The van der Waals surface area contributed by atoms with E-state index in [9.17, 15) is 14.4 Å². The summed E-state index contributed by atoms with van der Waals surface area (Å²) in [5, 5.41) is 3.80. The maximum Gasteiger partial charge on any atom is 0.335 e. The number of imide groups is 2. The van der Waals surface area contributed by atoms with Gasteiger partial charge in [-0.2, -0.15) is 0 Å². The van der Waals surface area contributed by atoms with Crippen molar-refractivity contribution in [2.75, 3.05) is 4.90 Å². The van der Waals surface area contributed by atoms with Gasteiger partial charge < -0.3 is 9.40 Å². The fraction of sp³-hybridized carbons (Fsp3) is 0.0435. The van der Waals surface area contributed by atoms with Crippen LogP contribution in [0.1, 0.15) is 11.3 Å². The molecule has 5 rings (SSSR count). The minimum absolute atomic E-state index is 0.227. The first-order valence-corrected chi connectivity index (χ1v) is 11.0. The monoisotopic (exact) mass is 478 g/mol. The molecule has 3 heterocycles. The molecule has 0 unspecified atom stereocenters. The van der Waals surface area contributed by atoms with Crippen molar-refractivity contribution in [3.63, 3.8) is 0 Å². The largest absolute Gasteiger partial charge is 0.450 e. The van der Waals surface area contributed by atoms with E-state index in [2.05, 4.69) is 15.3 Å². The number of hydrogen-bond acceptors (Lipinski definition) is 6. The van der Waals surface area contributed by atoms with Crippen molar-refractivity contribution in [1.29, 1.82) is 0 Å². The van der Waals surface area contributed by atoms with E-state index in [0.29, 0.717) is 15.3 Å². The molecule has 164 valence electrons. The lowest BCUT2D eigenvalue weighted by molar-refractivity contribution is -0.122. The number of halogens is 1. The summed E-state index contributed by atoms with van der Waals surface area (Å²) in [4.78, 5) is 46.2. The van der Waals surface area contributed by atoms with Crippen molar-refractivity contribution in [3.8, 4) is 0 Å². The lowest BCUT2D eigenvalue weighted by atomic mass is 10.1. The Balaban J connectivity index is 1.40. The number of aryl methyl sites for hydroxylation is 1. The van der Waals surface area contributed by atoms with Gasteiger partial charge in [-0.05, 0) is 78.9 Å². The van der Waals surface area contributed by atoms with Crippen LogP contribution >= 0.6 is 23.4 Å². The van der Waals surface area contributed by atoms with Crippen LogP contribution in [0.4, 0.5) is 10.5 Å². The van der Waals surface area contributed by atoms with E-state index < -0.39 is 17.8 Å². The Hall–Kier alpha value is -3.82. The second kappa shape index (κ2) is 8.27. The molecule has 0 aliphatic carbocycles. The lowest BCUT2D eigenvalue weighted by Gasteiger charge is -2.26. The number of aromatic nitrogens is 2. The zero-order chi connectivity index (χ0) is 23.1. The molecule has 4 amide bonds. The fourth-order valence-corrected chi connectivity index (χ4v) is 4.23. The lowest BCUT2D eigenvalue weighted by Crippen LogP contribution is -2.54. The van der Waals surface area contributed by atoms with Gasteiger partial charge in [0.15, 0.2) is 10.2 Å². The summed E-state index contributed by atoms with van der Waals surface area (Å²) in [7, 11) is 0. The predicted molar refractivity (Wildman–Crippen MR) is 124 cm³/mol. The number of H-pyrrole nitrogens is 1. The molecule has 0 bridgehead atoms. The van der Waals surface area contributed by atoms with Crippen molar-refractivity contribution < 1.29 is 18.8 Å². The van der Waals surface area contributed by atoms with Gasteiger partial charge in [0.2, 0.25) is 0 Å². The van der Waals surface area contributed by atoms with Crippen molar-refractivity contribution >= 4 is 64.0 Å². The van der Waals surface area contributed by atoms with Gasteiger partial charge in [-0.1, -0.05) is 17.7 Å². The van der Waals surface area contributed by atoms with Crippen molar-refractivity contribution in [2.24, 2.45) is 0 Å². The average Bonchev–Trinajstić information content (AvgIpc) is 3.38. The van der Waals surface area contributed by atoms with E-state index in [-0.39, 0.29) is 17.0 Å². The van der Waals surface area contributed by atoms with Crippen LogP contribution < -0.4 is 10.2 Å². The van der Waals surface area contributed by atoms with E-state index in [1.165, 1.54) is 30.0 Å². The molecule has 4 aromatic rings. The summed E-state index contributed by atoms with van der Waals surface area (Å²) in [6.07, 6.45) is 1.30. The van der Waals surface area contributed by atoms with E-state index in [1.807, 2.05) is 25.1 Å². The summed E-state index contributed by atoms with van der Waals surface area (Å²) >= 11 is 7.16. The van der Waals surface area contributed by atoms with Crippen LogP contribution in [0.3, 0.4) is 0 Å². The number of aromatic amines is 1. The quantitative estimate of drug-likeness (QED) is 0.318. The molecule has 33 heavy (non-hydrogen) atoms. The number of carbonyl (C=O) groups is 3. The molecular weight excluding hydrogens is 464 g/mol. The maximum absolute atomic E-state index is 12.9. The van der Waals surface area contributed by atoms with Crippen molar-refractivity contribution in [1.82, 2.24) is 15.3 Å². The summed E-state index contributed by atoms with van der Waals surface area (Å²) < 4.78 is 5.76. The Kier molecular flexibility index (Phi) is 5.27. The highest BCUT2D eigenvalue weighted by Crippen LogP contribution is 2.30. The predicted octanol–water partition coefficient (Wildman–Crippen LogP) is 4.94. The summed E-state index contributed by atoms with van der Waals surface area (Å²) in [5.41, 5.74) is 2.94. The van der Waals surface area contributed by atoms with E-state index in [1.54, 1.807) is 24.3 Å². The molecule has 8 nitrogen and oxygen atoms in total. The third-order valence-corrected chi connectivity index (χ3v) is 5.95. The molecule has 10 heteroatoms. The number of urea groups is 1. The zero-order valence-electron chi connectivity index (χ0n) is 17.1. The highest BCUT2D eigenvalue weighted by Gasteiger charge is 2.37. The van der Waals surface area contributed by atoms with Crippen molar-refractivity contribution in [3.05, 3.63) is 76.5 Å². The Morgan fingerprint density at radius 1 is 1.06 bits per heavy atom. The third kappa shape index (κ3) is 4.15. The van der Waals surface area contributed by atoms with Gasteiger partial charge >= 0.3 is 6.03 Å². The van der Waals surface area contributed by atoms with Gasteiger partial charge in [-0.15, -0.1) is 0 Å². The Bertz CT molecular complexity index is 1450. The van der Waals surface area contributed by atoms with Gasteiger partial charge in [0, 0.05) is 5.02 Å². The second-order valence-electron chi connectivity index (χ2n) is 7.26. The molecule has 1 aliphatic rings. The number of imidazole rings is 1. The first-order chi connectivity index (χ1) is 15.9. The van der Waals surface area contributed by atoms with E-state index >= 15 is 0 Å². The third-order valence-electron chi connectivity index (χ3n) is 4.89. The molecule has 0 atom stereocenters. The minimum atomic E-state index is -0.833. The molecular formula is C23H15ClN4O4S. The van der Waals surface area contributed by atoms with Crippen LogP contribution in [0.5, 0.6) is 0 Å². The van der Waals surface area contributed by atoms with Crippen LogP contribution in [-0.2, 0) is 9.59 Å². The Morgan fingerprint density at radius 2 is 1.85 bits per heavy atom. The van der Waals surface area contributed by atoms with Gasteiger partial charge in [-0.25, -0.2) is 14.7 Å². The summed E-state index contributed by atoms with van der Waals surface area (Å²) in [6.45, 7) is 2.00. The van der Waals surface area contributed by atoms with Gasteiger partial charge in [0.25, 0.3) is 11.8 Å². The smallest absolute Gasteiger partial charge is 0.335 e. The van der Waals surface area contributed by atoms with E-state index in [0.717, 1.165) is 21.5 Å². The first kappa shape index (κ1) is 21.0.